The number of anilines is 2. The van der Waals surface area contributed by atoms with Crippen molar-refractivity contribution >= 4 is 23.4 Å². The van der Waals surface area contributed by atoms with Gasteiger partial charge in [0.2, 0.25) is 5.91 Å². The van der Waals surface area contributed by atoms with Gasteiger partial charge in [-0.1, -0.05) is 6.92 Å². The molecule has 0 radical (unpaired) electrons. The molecule has 0 aliphatic carbocycles. The molecule has 8 heteroatoms. The largest absolute Gasteiger partial charge is 0.442 e. The molecule has 0 spiro atoms. The average Bonchev–Trinajstić information content (AvgIpc) is 3.01. The molecule has 7 nitrogen and oxygen atoms in total. The second-order valence-electron chi connectivity index (χ2n) is 6.01. The highest BCUT2D eigenvalue weighted by Crippen LogP contribution is 2.28. The van der Waals surface area contributed by atoms with Crippen molar-refractivity contribution in [2.75, 3.05) is 49.2 Å². The van der Waals surface area contributed by atoms with E-state index < -0.39 is 12.2 Å². The van der Waals surface area contributed by atoms with Crippen LogP contribution in [0.2, 0.25) is 0 Å². The lowest BCUT2D eigenvalue weighted by Gasteiger charge is -2.29. The summed E-state index contributed by atoms with van der Waals surface area (Å²) in [6, 6.07) is 4.73. The van der Waals surface area contributed by atoms with Gasteiger partial charge in [0, 0.05) is 19.5 Å². The van der Waals surface area contributed by atoms with Crippen molar-refractivity contribution in [2.45, 2.75) is 19.4 Å². The van der Waals surface area contributed by atoms with Crippen molar-refractivity contribution in [1.29, 1.82) is 0 Å². The first-order valence-electron chi connectivity index (χ1n) is 8.45. The molecule has 1 atom stereocenters. The lowest BCUT2D eigenvalue weighted by atomic mass is 10.2. The van der Waals surface area contributed by atoms with E-state index in [0.717, 1.165) is 0 Å². The maximum absolute atomic E-state index is 14.5. The number of halogens is 1. The van der Waals surface area contributed by atoms with Crippen molar-refractivity contribution in [3.63, 3.8) is 0 Å². The Balaban J connectivity index is 1.66. The van der Waals surface area contributed by atoms with E-state index in [-0.39, 0.29) is 24.8 Å². The zero-order valence-corrected chi connectivity index (χ0v) is 14.2. The van der Waals surface area contributed by atoms with Crippen LogP contribution >= 0.6 is 0 Å². The topological polar surface area (TPSA) is 71.1 Å². The Labute approximate surface area is 145 Å². The highest BCUT2D eigenvalue weighted by atomic mass is 19.1. The molecule has 2 aliphatic heterocycles. The minimum Gasteiger partial charge on any atom is -0.442 e. The minimum absolute atomic E-state index is 0.101. The van der Waals surface area contributed by atoms with E-state index in [1.54, 1.807) is 19.1 Å². The number of hydrogen-bond acceptors (Lipinski definition) is 5. The van der Waals surface area contributed by atoms with Crippen LogP contribution in [0, 0.1) is 5.82 Å². The maximum Gasteiger partial charge on any atom is 0.414 e. The summed E-state index contributed by atoms with van der Waals surface area (Å²) in [6.45, 7) is 4.71. The summed E-state index contributed by atoms with van der Waals surface area (Å²) in [4.78, 5) is 26.7. The van der Waals surface area contributed by atoms with E-state index >= 15 is 0 Å². The molecule has 3 rings (SSSR count). The van der Waals surface area contributed by atoms with Crippen LogP contribution in [0.1, 0.15) is 13.3 Å². The van der Waals surface area contributed by atoms with Crippen molar-refractivity contribution in [1.82, 2.24) is 5.32 Å². The smallest absolute Gasteiger partial charge is 0.414 e. The number of nitrogens with zero attached hydrogens (tertiary/aromatic N) is 2. The fourth-order valence-electron chi connectivity index (χ4n) is 2.92. The summed E-state index contributed by atoms with van der Waals surface area (Å²) < 4.78 is 25.0. The monoisotopic (exact) mass is 351 g/mol. The molecule has 1 unspecified atom stereocenters. The highest BCUT2D eigenvalue weighted by molar-refractivity contribution is 5.90. The third kappa shape index (κ3) is 4.01. The summed E-state index contributed by atoms with van der Waals surface area (Å²) in [5.74, 6) is -0.481. The van der Waals surface area contributed by atoms with Crippen LogP contribution in [0.5, 0.6) is 0 Å². The molecular formula is C17H22FN3O4. The number of ether oxygens (including phenoxy) is 2. The van der Waals surface area contributed by atoms with E-state index in [0.29, 0.717) is 44.1 Å². The van der Waals surface area contributed by atoms with Gasteiger partial charge in [0.05, 0.1) is 37.7 Å². The highest BCUT2D eigenvalue weighted by Gasteiger charge is 2.33. The lowest BCUT2D eigenvalue weighted by molar-refractivity contribution is -0.121. The third-order valence-electron chi connectivity index (χ3n) is 4.32. The summed E-state index contributed by atoms with van der Waals surface area (Å²) in [7, 11) is 0. The summed E-state index contributed by atoms with van der Waals surface area (Å²) in [5, 5.41) is 2.69. The third-order valence-corrected chi connectivity index (χ3v) is 4.32. The maximum atomic E-state index is 14.5. The fourth-order valence-corrected chi connectivity index (χ4v) is 2.92. The molecule has 136 valence electrons. The molecule has 2 fully saturated rings. The number of carbonyl (C=O) groups excluding carboxylic acids is 2. The van der Waals surface area contributed by atoms with E-state index in [2.05, 4.69) is 5.32 Å². The first-order valence-corrected chi connectivity index (χ1v) is 8.45. The van der Waals surface area contributed by atoms with Gasteiger partial charge < -0.3 is 19.7 Å². The summed E-state index contributed by atoms with van der Waals surface area (Å²) in [6.07, 6.45) is -0.599. The predicted molar refractivity (Wildman–Crippen MR) is 90.3 cm³/mol. The Morgan fingerprint density at radius 3 is 2.80 bits per heavy atom. The SMILES string of the molecule is CCC(=O)NCC1CN(c2ccc(N3CCOCC3)c(F)c2)C(=O)O1. The normalized spacial score (nSPS) is 20.6. The Morgan fingerprint density at radius 1 is 1.36 bits per heavy atom. The number of nitrogens with one attached hydrogen (secondary N) is 1. The first-order chi connectivity index (χ1) is 12.1. The second kappa shape index (κ2) is 7.69. The number of morpholine rings is 1. The molecule has 2 heterocycles. The van der Waals surface area contributed by atoms with E-state index in [9.17, 15) is 14.0 Å². The molecule has 25 heavy (non-hydrogen) atoms. The number of rotatable bonds is 5. The quantitative estimate of drug-likeness (QED) is 0.871. The van der Waals surface area contributed by atoms with E-state index in [4.69, 9.17) is 9.47 Å². The Hall–Kier alpha value is -2.35. The van der Waals surface area contributed by atoms with Gasteiger partial charge in [-0.05, 0) is 18.2 Å². The van der Waals surface area contributed by atoms with E-state index in [1.807, 2.05) is 4.90 Å². The summed E-state index contributed by atoms with van der Waals surface area (Å²) >= 11 is 0. The van der Waals surface area contributed by atoms with Crippen molar-refractivity contribution in [3.05, 3.63) is 24.0 Å². The van der Waals surface area contributed by atoms with Gasteiger partial charge in [0.25, 0.3) is 0 Å². The molecule has 1 aromatic carbocycles. The number of carbonyl (C=O) groups is 2. The number of hydrogen-bond donors (Lipinski definition) is 1. The Morgan fingerprint density at radius 2 is 2.12 bits per heavy atom. The van der Waals surface area contributed by atoms with Crippen LogP contribution in [-0.2, 0) is 14.3 Å². The second-order valence-corrected chi connectivity index (χ2v) is 6.01. The van der Waals surface area contributed by atoms with Gasteiger partial charge in [0.15, 0.2) is 0 Å². The standard InChI is InChI=1S/C17H22FN3O4/c1-2-16(22)19-10-13-11-21(17(23)25-13)12-3-4-15(14(18)9-12)20-5-7-24-8-6-20/h3-4,9,13H,2,5-8,10-11H2,1H3,(H,19,22). The molecule has 0 saturated carbocycles. The zero-order valence-electron chi connectivity index (χ0n) is 14.2. The molecule has 2 amide bonds. The van der Waals surface area contributed by atoms with Gasteiger partial charge in [-0.2, -0.15) is 0 Å². The van der Waals surface area contributed by atoms with Crippen LogP contribution in [0.4, 0.5) is 20.6 Å². The lowest BCUT2D eigenvalue weighted by Crippen LogP contribution is -2.36. The molecular weight excluding hydrogens is 329 g/mol. The van der Waals surface area contributed by atoms with Gasteiger partial charge >= 0.3 is 6.09 Å². The molecule has 1 N–H and O–H groups in total. The van der Waals surface area contributed by atoms with Crippen molar-refractivity contribution < 1.29 is 23.5 Å². The Kier molecular flexibility index (Phi) is 5.37. The number of cyclic esters (lactones) is 1. The van der Waals surface area contributed by atoms with Crippen LogP contribution in [-0.4, -0.2) is 57.5 Å². The van der Waals surface area contributed by atoms with Gasteiger partial charge in [-0.25, -0.2) is 9.18 Å². The first kappa shape index (κ1) is 17.5. The molecule has 1 aromatic rings. The van der Waals surface area contributed by atoms with Crippen LogP contribution in [0.15, 0.2) is 18.2 Å². The Bertz CT molecular complexity index is 649. The minimum atomic E-state index is -0.533. The van der Waals surface area contributed by atoms with Crippen LogP contribution in [0.3, 0.4) is 0 Å². The predicted octanol–water partition coefficient (Wildman–Crippen LogP) is 1.51. The summed E-state index contributed by atoms with van der Waals surface area (Å²) in [5.41, 5.74) is 0.954. The van der Waals surface area contributed by atoms with Crippen LogP contribution < -0.4 is 15.1 Å². The average molecular weight is 351 g/mol. The van der Waals surface area contributed by atoms with Crippen molar-refractivity contribution in [2.24, 2.45) is 0 Å². The fraction of sp³-hybridized carbons (Fsp3) is 0.529. The number of benzene rings is 1. The zero-order chi connectivity index (χ0) is 17.8. The molecule has 2 saturated heterocycles. The van der Waals surface area contributed by atoms with E-state index in [1.165, 1.54) is 11.0 Å². The van der Waals surface area contributed by atoms with Gasteiger partial charge in [-0.15, -0.1) is 0 Å². The molecule has 2 aliphatic rings. The van der Waals surface area contributed by atoms with Gasteiger partial charge in [-0.3, -0.25) is 9.69 Å². The van der Waals surface area contributed by atoms with Gasteiger partial charge in [0.1, 0.15) is 11.9 Å². The number of amides is 2. The molecule has 0 bridgehead atoms. The molecule has 0 aromatic heterocycles. The van der Waals surface area contributed by atoms with Crippen molar-refractivity contribution in [3.8, 4) is 0 Å². The van der Waals surface area contributed by atoms with Crippen LogP contribution in [0.25, 0.3) is 0 Å².